The van der Waals surface area contributed by atoms with Gasteiger partial charge in [-0.05, 0) is 0 Å². The van der Waals surface area contributed by atoms with E-state index in [-0.39, 0.29) is 18.5 Å². The second kappa shape index (κ2) is 6.37. The minimum absolute atomic E-state index is 0.0370. The summed E-state index contributed by atoms with van der Waals surface area (Å²) in [5.74, 6) is 0.0370. The Kier molecular flexibility index (Phi) is 6.28. The van der Waals surface area contributed by atoms with Crippen molar-refractivity contribution in [1.82, 2.24) is 0 Å². The van der Waals surface area contributed by atoms with Gasteiger partial charge in [0.15, 0.2) is 12.6 Å². The number of ether oxygens (including phenoxy) is 4. The summed E-state index contributed by atoms with van der Waals surface area (Å²) in [6.45, 7) is 1.94. The minimum atomic E-state index is -0.296. The molecular weight excluding hydrogens is 160 g/mol. The molecule has 0 radical (unpaired) electrons. The van der Waals surface area contributed by atoms with Gasteiger partial charge in [-0.2, -0.15) is 0 Å². The predicted octanol–water partition coefficient (Wildman–Crippen LogP) is 0.860. The van der Waals surface area contributed by atoms with E-state index in [0.29, 0.717) is 0 Å². The molecule has 0 bridgehead atoms. The molecule has 0 aliphatic heterocycles. The fourth-order valence-corrected chi connectivity index (χ4v) is 1.18. The third kappa shape index (κ3) is 3.06. The Balaban J connectivity index is 4.02. The van der Waals surface area contributed by atoms with E-state index in [4.69, 9.17) is 18.9 Å². The zero-order valence-electron chi connectivity index (χ0n) is 8.37. The molecule has 0 aliphatic rings. The van der Waals surface area contributed by atoms with E-state index in [1.165, 1.54) is 0 Å². The Labute approximate surface area is 73.7 Å². The van der Waals surface area contributed by atoms with E-state index in [1.54, 1.807) is 28.4 Å². The summed E-state index contributed by atoms with van der Waals surface area (Å²) in [5.41, 5.74) is 0. The van der Waals surface area contributed by atoms with E-state index in [0.717, 1.165) is 0 Å². The molecule has 4 heteroatoms. The van der Waals surface area contributed by atoms with Crippen LogP contribution in [0.5, 0.6) is 0 Å². The van der Waals surface area contributed by atoms with Gasteiger partial charge in [0, 0.05) is 28.4 Å². The summed E-state index contributed by atoms with van der Waals surface area (Å²) in [7, 11) is 6.36. The van der Waals surface area contributed by atoms with Crippen molar-refractivity contribution in [2.75, 3.05) is 28.4 Å². The van der Waals surface area contributed by atoms with Gasteiger partial charge in [-0.25, -0.2) is 0 Å². The van der Waals surface area contributed by atoms with Crippen molar-refractivity contribution in [3.8, 4) is 0 Å². The molecule has 0 amide bonds. The van der Waals surface area contributed by atoms with Crippen molar-refractivity contribution in [3.05, 3.63) is 0 Å². The van der Waals surface area contributed by atoms with E-state index in [1.807, 2.05) is 6.92 Å². The van der Waals surface area contributed by atoms with Crippen molar-refractivity contribution in [2.24, 2.45) is 5.92 Å². The molecule has 0 N–H and O–H groups in total. The number of hydrogen-bond acceptors (Lipinski definition) is 4. The van der Waals surface area contributed by atoms with Crippen LogP contribution < -0.4 is 0 Å². The topological polar surface area (TPSA) is 36.9 Å². The van der Waals surface area contributed by atoms with Gasteiger partial charge < -0.3 is 18.9 Å². The molecule has 74 valence electrons. The van der Waals surface area contributed by atoms with Crippen LogP contribution in [0.25, 0.3) is 0 Å². The van der Waals surface area contributed by atoms with Gasteiger partial charge in [0.05, 0.1) is 5.92 Å². The molecule has 0 spiro atoms. The molecule has 0 atom stereocenters. The molecule has 0 aromatic carbocycles. The summed E-state index contributed by atoms with van der Waals surface area (Å²) in [4.78, 5) is 0. The summed E-state index contributed by atoms with van der Waals surface area (Å²) >= 11 is 0. The van der Waals surface area contributed by atoms with E-state index < -0.39 is 0 Å². The highest BCUT2D eigenvalue weighted by Crippen LogP contribution is 2.15. The van der Waals surface area contributed by atoms with Crippen LogP contribution in [0.1, 0.15) is 6.92 Å². The molecule has 0 aromatic rings. The van der Waals surface area contributed by atoms with Crippen LogP contribution in [-0.4, -0.2) is 41.0 Å². The Morgan fingerprint density at radius 2 is 0.917 bits per heavy atom. The van der Waals surface area contributed by atoms with Crippen LogP contribution in [0.15, 0.2) is 0 Å². The van der Waals surface area contributed by atoms with Gasteiger partial charge in [0.2, 0.25) is 0 Å². The maximum Gasteiger partial charge on any atom is 0.164 e. The first-order chi connectivity index (χ1) is 5.71. The van der Waals surface area contributed by atoms with E-state index in [2.05, 4.69) is 0 Å². The number of hydrogen-bond donors (Lipinski definition) is 0. The van der Waals surface area contributed by atoms with Crippen LogP contribution in [-0.2, 0) is 18.9 Å². The summed E-state index contributed by atoms with van der Waals surface area (Å²) in [6, 6.07) is 0. The Hall–Kier alpha value is -0.160. The third-order valence-corrected chi connectivity index (χ3v) is 1.79. The quantitative estimate of drug-likeness (QED) is 0.565. The summed E-state index contributed by atoms with van der Waals surface area (Å²) in [5, 5.41) is 0. The van der Waals surface area contributed by atoms with Crippen molar-refractivity contribution in [3.63, 3.8) is 0 Å². The average molecular weight is 178 g/mol. The maximum atomic E-state index is 5.06. The fourth-order valence-electron chi connectivity index (χ4n) is 1.18. The lowest BCUT2D eigenvalue weighted by molar-refractivity contribution is -0.216. The van der Waals surface area contributed by atoms with E-state index in [9.17, 15) is 0 Å². The third-order valence-electron chi connectivity index (χ3n) is 1.79. The zero-order chi connectivity index (χ0) is 9.56. The fraction of sp³-hybridized carbons (Fsp3) is 1.00. The molecule has 4 nitrogen and oxygen atoms in total. The van der Waals surface area contributed by atoms with Crippen LogP contribution in [0.2, 0.25) is 0 Å². The normalized spacial score (nSPS) is 12.0. The Morgan fingerprint density at radius 1 is 0.667 bits per heavy atom. The zero-order valence-corrected chi connectivity index (χ0v) is 8.37. The van der Waals surface area contributed by atoms with Gasteiger partial charge in [-0.15, -0.1) is 0 Å². The van der Waals surface area contributed by atoms with Gasteiger partial charge in [0.25, 0.3) is 0 Å². The highest BCUT2D eigenvalue weighted by atomic mass is 16.7. The summed E-state index contributed by atoms with van der Waals surface area (Å²) < 4.78 is 20.3. The van der Waals surface area contributed by atoms with E-state index >= 15 is 0 Å². The van der Waals surface area contributed by atoms with Crippen LogP contribution in [0.4, 0.5) is 0 Å². The maximum absolute atomic E-state index is 5.06. The van der Waals surface area contributed by atoms with Crippen LogP contribution in [0.3, 0.4) is 0 Å². The van der Waals surface area contributed by atoms with Crippen molar-refractivity contribution >= 4 is 0 Å². The smallest absolute Gasteiger partial charge is 0.164 e. The molecule has 12 heavy (non-hydrogen) atoms. The van der Waals surface area contributed by atoms with Gasteiger partial charge in [-0.1, -0.05) is 6.92 Å². The molecule has 0 unspecified atom stereocenters. The monoisotopic (exact) mass is 178 g/mol. The predicted molar refractivity (Wildman–Crippen MR) is 44.8 cm³/mol. The minimum Gasteiger partial charge on any atom is -0.355 e. The molecule has 0 aromatic heterocycles. The van der Waals surface area contributed by atoms with Crippen molar-refractivity contribution < 1.29 is 18.9 Å². The molecule has 0 fully saturated rings. The standard InChI is InChI=1S/C8H18O4/c1-6(7(9-2)10-3)8(11-4)12-5/h6-8H,1-5H3. The lowest BCUT2D eigenvalue weighted by Gasteiger charge is -2.26. The lowest BCUT2D eigenvalue weighted by Crippen LogP contribution is -2.34. The SMILES string of the molecule is COC(OC)C(C)C(OC)OC. The molecule has 0 saturated carbocycles. The second-order valence-corrected chi connectivity index (χ2v) is 2.54. The Bertz CT molecular complexity index is 87.2. The Morgan fingerprint density at radius 3 is 1.08 bits per heavy atom. The van der Waals surface area contributed by atoms with Gasteiger partial charge in [0.1, 0.15) is 0 Å². The van der Waals surface area contributed by atoms with Crippen molar-refractivity contribution in [1.29, 1.82) is 0 Å². The highest BCUT2D eigenvalue weighted by Gasteiger charge is 2.25. The highest BCUT2D eigenvalue weighted by molar-refractivity contribution is 4.60. The molecular formula is C8H18O4. The lowest BCUT2D eigenvalue weighted by atomic mass is 10.1. The van der Waals surface area contributed by atoms with Gasteiger partial charge >= 0.3 is 0 Å². The summed E-state index contributed by atoms with van der Waals surface area (Å²) in [6.07, 6.45) is -0.593. The van der Waals surface area contributed by atoms with Crippen LogP contribution in [0, 0.1) is 5.92 Å². The molecule has 0 saturated heterocycles. The molecule has 0 rings (SSSR count). The first-order valence-corrected chi connectivity index (χ1v) is 3.82. The first-order valence-electron chi connectivity index (χ1n) is 3.82. The van der Waals surface area contributed by atoms with Crippen molar-refractivity contribution in [2.45, 2.75) is 19.5 Å². The number of rotatable bonds is 6. The number of methoxy groups -OCH3 is 4. The van der Waals surface area contributed by atoms with Gasteiger partial charge in [-0.3, -0.25) is 0 Å². The molecule has 0 aliphatic carbocycles. The second-order valence-electron chi connectivity index (χ2n) is 2.54. The first kappa shape index (κ1) is 11.8. The molecule has 0 heterocycles. The largest absolute Gasteiger partial charge is 0.355 e. The average Bonchev–Trinajstić information content (AvgIpc) is 2.09. The van der Waals surface area contributed by atoms with Crippen LogP contribution >= 0.6 is 0 Å².